The Hall–Kier alpha value is -3.29. The monoisotopic (exact) mass is 373 g/mol. The highest BCUT2D eigenvalue weighted by Gasteiger charge is 2.10. The van der Waals surface area contributed by atoms with Gasteiger partial charge in [-0.25, -0.2) is 9.78 Å². The molecule has 0 atom stereocenters. The fraction of sp³-hybridized carbons (Fsp3) is 0.316. The van der Waals surface area contributed by atoms with Gasteiger partial charge in [0.25, 0.3) is 0 Å². The molecule has 8 heteroatoms. The first-order valence-electron chi connectivity index (χ1n) is 8.55. The van der Waals surface area contributed by atoms with E-state index in [1.807, 2.05) is 25.1 Å². The van der Waals surface area contributed by atoms with E-state index in [0.29, 0.717) is 24.0 Å². The highest BCUT2D eigenvalue weighted by molar-refractivity contribution is 5.75. The van der Waals surface area contributed by atoms with E-state index in [-0.39, 0.29) is 25.5 Å². The van der Waals surface area contributed by atoms with Crippen LogP contribution in [-0.2, 0) is 11.3 Å². The molecule has 0 saturated carbocycles. The number of carbonyl (C=O) groups is 2. The minimum Gasteiger partial charge on any atom is -0.490 e. The largest absolute Gasteiger partial charge is 0.490 e. The Kier molecular flexibility index (Phi) is 7.42. The van der Waals surface area contributed by atoms with Gasteiger partial charge >= 0.3 is 12.0 Å². The lowest BCUT2D eigenvalue weighted by Gasteiger charge is -2.17. The van der Waals surface area contributed by atoms with Gasteiger partial charge in [-0.15, -0.1) is 0 Å². The number of carboxylic acid groups (broad SMARTS) is 1. The van der Waals surface area contributed by atoms with Crippen LogP contribution in [0.25, 0.3) is 0 Å². The summed E-state index contributed by atoms with van der Waals surface area (Å²) in [6, 6.07) is 10.5. The van der Waals surface area contributed by atoms with Crippen molar-refractivity contribution in [3.05, 3.63) is 48.2 Å². The zero-order valence-electron chi connectivity index (χ0n) is 15.3. The Morgan fingerprint density at radius 3 is 2.56 bits per heavy atom. The number of benzene rings is 1. The zero-order valence-corrected chi connectivity index (χ0v) is 15.3. The van der Waals surface area contributed by atoms with Gasteiger partial charge in [-0.3, -0.25) is 4.79 Å². The number of amides is 2. The van der Waals surface area contributed by atoms with Gasteiger partial charge in [0.15, 0.2) is 11.5 Å². The van der Waals surface area contributed by atoms with E-state index in [9.17, 15) is 9.59 Å². The number of para-hydroxylation sites is 2. The third-order valence-corrected chi connectivity index (χ3v) is 3.61. The number of pyridine rings is 1. The summed E-state index contributed by atoms with van der Waals surface area (Å²) in [5.74, 6) is 0.687. The van der Waals surface area contributed by atoms with Gasteiger partial charge in [0.1, 0.15) is 0 Å². The molecule has 8 nitrogen and oxygen atoms in total. The van der Waals surface area contributed by atoms with Gasteiger partial charge in [-0.1, -0.05) is 18.2 Å². The molecule has 0 aliphatic carbocycles. The Balaban J connectivity index is 1.88. The highest BCUT2D eigenvalue weighted by Crippen LogP contribution is 2.30. The molecule has 144 valence electrons. The number of ether oxygens (including phenoxy) is 2. The quantitative estimate of drug-likeness (QED) is 0.701. The topological polar surface area (TPSA) is 101 Å². The molecular weight excluding hydrogens is 350 g/mol. The Morgan fingerprint density at radius 2 is 1.93 bits per heavy atom. The predicted molar refractivity (Wildman–Crippen MR) is 99.0 cm³/mol. The summed E-state index contributed by atoms with van der Waals surface area (Å²) in [6.07, 6.45) is 1.51. The predicted octanol–water partition coefficient (Wildman–Crippen LogP) is 2.89. The Labute approximate surface area is 157 Å². The summed E-state index contributed by atoms with van der Waals surface area (Å²) in [4.78, 5) is 28.0. The third kappa shape index (κ3) is 6.50. The van der Waals surface area contributed by atoms with Gasteiger partial charge in [0, 0.05) is 32.4 Å². The molecule has 2 N–H and O–H groups in total. The second-order valence-electron chi connectivity index (χ2n) is 5.71. The minimum atomic E-state index is -0.944. The van der Waals surface area contributed by atoms with Crippen LogP contribution in [0.4, 0.5) is 4.79 Å². The van der Waals surface area contributed by atoms with E-state index in [2.05, 4.69) is 10.3 Å². The molecule has 2 amide bonds. The van der Waals surface area contributed by atoms with E-state index >= 15 is 0 Å². The summed E-state index contributed by atoms with van der Waals surface area (Å²) in [6.45, 7) is 2.86. The molecule has 2 rings (SSSR count). The van der Waals surface area contributed by atoms with Crippen molar-refractivity contribution in [2.24, 2.45) is 0 Å². The van der Waals surface area contributed by atoms with Crippen molar-refractivity contribution in [2.45, 2.75) is 19.9 Å². The average molecular weight is 373 g/mol. The number of nitrogens with one attached hydrogen (secondary N) is 1. The lowest BCUT2D eigenvalue weighted by Crippen LogP contribution is -2.37. The fourth-order valence-corrected chi connectivity index (χ4v) is 2.18. The van der Waals surface area contributed by atoms with Crippen molar-refractivity contribution in [2.75, 3.05) is 20.2 Å². The minimum absolute atomic E-state index is 0.0965. The van der Waals surface area contributed by atoms with Gasteiger partial charge in [0.2, 0.25) is 5.88 Å². The van der Waals surface area contributed by atoms with E-state index in [0.717, 1.165) is 5.56 Å². The number of hydrogen-bond donors (Lipinski definition) is 2. The number of hydrogen-bond acceptors (Lipinski definition) is 5. The smallest absolute Gasteiger partial charge is 0.317 e. The van der Waals surface area contributed by atoms with E-state index in [1.54, 1.807) is 31.4 Å². The number of rotatable bonds is 9. The molecule has 1 aromatic carbocycles. The van der Waals surface area contributed by atoms with Crippen molar-refractivity contribution >= 4 is 12.0 Å². The second-order valence-corrected chi connectivity index (χ2v) is 5.71. The number of urea groups is 1. The fourth-order valence-electron chi connectivity index (χ4n) is 2.18. The molecule has 1 heterocycles. The van der Waals surface area contributed by atoms with Crippen molar-refractivity contribution < 1.29 is 24.2 Å². The van der Waals surface area contributed by atoms with E-state index in [1.165, 1.54) is 4.90 Å². The van der Waals surface area contributed by atoms with Crippen LogP contribution in [0.5, 0.6) is 17.4 Å². The lowest BCUT2D eigenvalue weighted by molar-refractivity contribution is -0.137. The highest BCUT2D eigenvalue weighted by atomic mass is 16.5. The number of carbonyl (C=O) groups excluding carboxylic acids is 1. The number of aliphatic carboxylic acids is 1. The van der Waals surface area contributed by atoms with Gasteiger partial charge in [0.05, 0.1) is 13.0 Å². The molecule has 1 aromatic heterocycles. The average Bonchev–Trinajstić information content (AvgIpc) is 2.67. The summed E-state index contributed by atoms with van der Waals surface area (Å²) in [7, 11) is 1.54. The first kappa shape index (κ1) is 20.0. The van der Waals surface area contributed by atoms with Crippen molar-refractivity contribution in [3.63, 3.8) is 0 Å². The zero-order chi connectivity index (χ0) is 19.6. The Morgan fingerprint density at radius 1 is 1.19 bits per heavy atom. The first-order valence-corrected chi connectivity index (χ1v) is 8.55. The van der Waals surface area contributed by atoms with Crippen molar-refractivity contribution in [1.82, 2.24) is 15.2 Å². The Bertz CT molecular complexity index is 764. The third-order valence-electron chi connectivity index (χ3n) is 3.61. The van der Waals surface area contributed by atoms with E-state index in [4.69, 9.17) is 14.6 Å². The number of carboxylic acids is 1. The summed E-state index contributed by atoms with van der Waals surface area (Å²) >= 11 is 0. The molecular formula is C19H23N3O5. The molecule has 0 radical (unpaired) electrons. The lowest BCUT2D eigenvalue weighted by atomic mass is 10.3. The molecule has 27 heavy (non-hydrogen) atoms. The second kappa shape index (κ2) is 10.0. The summed E-state index contributed by atoms with van der Waals surface area (Å²) in [5.41, 5.74) is 0.792. The van der Waals surface area contributed by atoms with Crippen LogP contribution in [0.2, 0.25) is 0 Å². The van der Waals surface area contributed by atoms with Crippen LogP contribution >= 0.6 is 0 Å². The standard InChI is InChI=1S/C19H23N3O5/c1-3-26-15-6-4-5-7-16(15)27-17-9-8-14(12-20-17)13-21-19(25)22(2)11-10-18(23)24/h4-9,12H,3,10-11,13H2,1-2H3,(H,21,25)(H,23,24). The van der Waals surface area contributed by atoms with Crippen LogP contribution in [0.3, 0.4) is 0 Å². The van der Waals surface area contributed by atoms with Gasteiger partial charge < -0.3 is 24.8 Å². The maximum Gasteiger partial charge on any atom is 0.317 e. The van der Waals surface area contributed by atoms with Crippen LogP contribution in [0.15, 0.2) is 42.6 Å². The molecule has 0 bridgehead atoms. The van der Waals surface area contributed by atoms with Crippen LogP contribution in [-0.4, -0.2) is 47.2 Å². The molecule has 0 saturated heterocycles. The number of nitrogens with zero attached hydrogens (tertiary/aromatic N) is 2. The summed E-state index contributed by atoms with van der Waals surface area (Å²) in [5, 5.41) is 11.4. The summed E-state index contributed by atoms with van der Waals surface area (Å²) < 4.78 is 11.3. The molecule has 0 aliphatic heterocycles. The van der Waals surface area contributed by atoms with E-state index < -0.39 is 5.97 Å². The normalized spacial score (nSPS) is 10.1. The first-order chi connectivity index (χ1) is 13.0. The van der Waals surface area contributed by atoms with Crippen LogP contribution in [0.1, 0.15) is 18.9 Å². The molecule has 2 aromatic rings. The van der Waals surface area contributed by atoms with Crippen LogP contribution in [0, 0.1) is 0 Å². The van der Waals surface area contributed by atoms with Gasteiger partial charge in [-0.05, 0) is 24.6 Å². The van der Waals surface area contributed by atoms with Crippen LogP contribution < -0.4 is 14.8 Å². The van der Waals surface area contributed by atoms with Crippen molar-refractivity contribution in [1.29, 1.82) is 0 Å². The molecule has 0 unspecified atom stereocenters. The SMILES string of the molecule is CCOc1ccccc1Oc1ccc(CNC(=O)N(C)CCC(=O)O)cn1. The molecule has 0 fully saturated rings. The van der Waals surface area contributed by atoms with Gasteiger partial charge in [-0.2, -0.15) is 0 Å². The van der Waals surface area contributed by atoms with Crippen molar-refractivity contribution in [3.8, 4) is 17.4 Å². The maximum atomic E-state index is 11.9. The molecule has 0 aliphatic rings. The number of aromatic nitrogens is 1. The maximum absolute atomic E-state index is 11.9. The molecule has 0 spiro atoms.